The molecule has 3 rings (SSSR count). The predicted octanol–water partition coefficient (Wildman–Crippen LogP) is -0.278. The Morgan fingerprint density at radius 2 is 2.17 bits per heavy atom. The maximum absolute atomic E-state index is 12.0. The maximum atomic E-state index is 12.0. The molecule has 0 saturated heterocycles. The van der Waals surface area contributed by atoms with E-state index in [0.717, 1.165) is 10.9 Å². The van der Waals surface area contributed by atoms with Crippen molar-refractivity contribution in [3.8, 4) is 0 Å². The fourth-order valence-corrected chi connectivity index (χ4v) is 2.16. The minimum Gasteiger partial charge on any atom is -0.379 e. The molecule has 0 spiro atoms. The highest BCUT2D eigenvalue weighted by Crippen LogP contribution is 2.09. The second kappa shape index (κ2) is 5.87. The molecule has 0 bridgehead atoms. The number of rotatable bonds is 4. The zero-order valence-corrected chi connectivity index (χ0v) is 12.4. The molecule has 0 aliphatic heterocycles. The van der Waals surface area contributed by atoms with E-state index in [1.165, 1.54) is 10.8 Å². The highest BCUT2D eigenvalue weighted by molar-refractivity contribution is 5.78. The van der Waals surface area contributed by atoms with Gasteiger partial charge >= 0.3 is 0 Å². The van der Waals surface area contributed by atoms with Gasteiger partial charge in [-0.15, -0.1) is 0 Å². The molecule has 118 valence electrons. The lowest BCUT2D eigenvalue weighted by Crippen LogP contribution is -2.34. The third-order valence-corrected chi connectivity index (χ3v) is 3.43. The Morgan fingerprint density at radius 3 is 3.00 bits per heavy atom. The molecule has 0 atom stereocenters. The van der Waals surface area contributed by atoms with Gasteiger partial charge in [-0.1, -0.05) is 0 Å². The summed E-state index contributed by atoms with van der Waals surface area (Å²) in [5.41, 5.74) is 7.10. The number of nitrogen functional groups attached to an aromatic ring is 1. The lowest BCUT2D eigenvalue weighted by Gasteiger charge is -2.10. The quantitative estimate of drug-likeness (QED) is 0.607. The molecule has 0 radical (unpaired) electrons. The SMILES string of the molecule is Cc1cnc(N)c(=O)n1CC(=O)NCc1cc2cn[nH]c2cn1. The maximum Gasteiger partial charge on any atom is 0.293 e. The van der Waals surface area contributed by atoms with Gasteiger partial charge in [-0.2, -0.15) is 5.10 Å². The van der Waals surface area contributed by atoms with E-state index in [9.17, 15) is 9.59 Å². The smallest absolute Gasteiger partial charge is 0.293 e. The summed E-state index contributed by atoms with van der Waals surface area (Å²) >= 11 is 0. The zero-order valence-electron chi connectivity index (χ0n) is 12.4. The Balaban J connectivity index is 1.68. The van der Waals surface area contributed by atoms with Gasteiger partial charge < -0.3 is 11.1 Å². The highest BCUT2D eigenvalue weighted by atomic mass is 16.2. The van der Waals surface area contributed by atoms with Gasteiger partial charge in [-0.3, -0.25) is 24.2 Å². The molecule has 9 nitrogen and oxygen atoms in total. The van der Waals surface area contributed by atoms with Crippen LogP contribution in [0, 0.1) is 6.92 Å². The summed E-state index contributed by atoms with van der Waals surface area (Å²) in [5.74, 6) is -0.439. The summed E-state index contributed by atoms with van der Waals surface area (Å²) < 4.78 is 1.28. The van der Waals surface area contributed by atoms with Crippen LogP contribution in [0.2, 0.25) is 0 Å². The molecule has 3 aromatic heterocycles. The third kappa shape index (κ3) is 3.03. The van der Waals surface area contributed by atoms with Crippen molar-refractivity contribution in [1.82, 2.24) is 30.0 Å². The first-order valence-electron chi connectivity index (χ1n) is 6.91. The number of aromatic amines is 1. The summed E-state index contributed by atoms with van der Waals surface area (Å²) in [7, 11) is 0. The monoisotopic (exact) mass is 313 g/mol. The van der Waals surface area contributed by atoms with E-state index < -0.39 is 5.56 Å². The Bertz CT molecular complexity index is 928. The van der Waals surface area contributed by atoms with E-state index in [4.69, 9.17) is 5.73 Å². The van der Waals surface area contributed by atoms with Crippen molar-refractivity contribution in [3.05, 3.63) is 46.4 Å². The Hall–Kier alpha value is -3.23. The van der Waals surface area contributed by atoms with Crippen LogP contribution in [0.3, 0.4) is 0 Å². The van der Waals surface area contributed by atoms with Crippen molar-refractivity contribution >= 4 is 22.6 Å². The number of amides is 1. The molecular formula is C14H15N7O2. The number of anilines is 1. The number of carbonyl (C=O) groups excluding carboxylic acids is 1. The van der Waals surface area contributed by atoms with E-state index in [1.54, 1.807) is 19.3 Å². The topological polar surface area (TPSA) is 132 Å². The van der Waals surface area contributed by atoms with Crippen molar-refractivity contribution in [2.75, 3.05) is 5.73 Å². The summed E-state index contributed by atoms with van der Waals surface area (Å²) in [6.45, 7) is 1.83. The summed E-state index contributed by atoms with van der Waals surface area (Å²) in [4.78, 5) is 31.9. The number of hydrogen-bond donors (Lipinski definition) is 3. The number of nitrogens with zero attached hydrogens (tertiary/aromatic N) is 4. The predicted molar refractivity (Wildman–Crippen MR) is 83.4 cm³/mol. The minimum absolute atomic E-state index is 0.120. The molecule has 0 unspecified atom stereocenters. The molecule has 4 N–H and O–H groups in total. The van der Waals surface area contributed by atoms with Crippen LogP contribution >= 0.6 is 0 Å². The average Bonchev–Trinajstić information content (AvgIpc) is 3.01. The fourth-order valence-electron chi connectivity index (χ4n) is 2.16. The number of carbonyl (C=O) groups is 1. The van der Waals surface area contributed by atoms with E-state index in [2.05, 4.69) is 25.5 Å². The molecular weight excluding hydrogens is 298 g/mol. The average molecular weight is 313 g/mol. The van der Waals surface area contributed by atoms with Gasteiger partial charge in [0.1, 0.15) is 6.54 Å². The number of nitrogens with two attached hydrogens (primary N) is 1. The molecule has 0 aliphatic carbocycles. The van der Waals surface area contributed by atoms with E-state index in [1.807, 2.05) is 6.07 Å². The van der Waals surface area contributed by atoms with Crippen molar-refractivity contribution in [2.45, 2.75) is 20.0 Å². The van der Waals surface area contributed by atoms with Gasteiger partial charge in [0.15, 0.2) is 5.82 Å². The first-order chi connectivity index (χ1) is 11.0. The minimum atomic E-state index is -0.474. The van der Waals surface area contributed by atoms with Crippen LogP contribution in [0.5, 0.6) is 0 Å². The van der Waals surface area contributed by atoms with Crippen LogP contribution in [-0.4, -0.2) is 30.6 Å². The molecule has 3 aromatic rings. The summed E-state index contributed by atoms with van der Waals surface area (Å²) in [6, 6.07) is 1.83. The van der Waals surface area contributed by atoms with Gasteiger partial charge in [-0.05, 0) is 13.0 Å². The number of H-pyrrole nitrogens is 1. The second-order valence-electron chi connectivity index (χ2n) is 5.09. The molecule has 0 aromatic carbocycles. The Kier molecular flexibility index (Phi) is 3.75. The number of aromatic nitrogens is 5. The molecule has 0 fully saturated rings. The van der Waals surface area contributed by atoms with E-state index in [0.29, 0.717) is 11.4 Å². The van der Waals surface area contributed by atoms with Crippen LogP contribution in [0.25, 0.3) is 10.9 Å². The largest absolute Gasteiger partial charge is 0.379 e. The molecule has 0 saturated carbocycles. The number of fused-ring (bicyclic) bond motifs is 1. The number of pyridine rings is 1. The van der Waals surface area contributed by atoms with Gasteiger partial charge in [0.2, 0.25) is 5.91 Å². The van der Waals surface area contributed by atoms with Gasteiger partial charge in [0.05, 0.1) is 30.1 Å². The molecule has 3 heterocycles. The molecule has 23 heavy (non-hydrogen) atoms. The standard InChI is InChI=1S/C14H15N7O2/c1-8-3-18-13(15)14(23)21(8)7-12(22)17-5-10-2-9-4-19-20-11(9)6-16-10/h2-4,6H,5,7H2,1H3,(H2,15,18)(H,17,22)(H,19,20). The summed E-state index contributed by atoms with van der Waals surface area (Å²) in [6.07, 6.45) is 4.80. The van der Waals surface area contributed by atoms with Gasteiger partial charge in [-0.25, -0.2) is 4.98 Å². The number of aryl methyl sites for hydroxylation is 1. The lowest BCUT2D eigenvalue weighted by molar-refractivity contribution is -0.121. The van der Waals surface area contributed by atoms with Crippen LogP contribution in [0.1, 0.15) is 11.4 Å². The van der Waals surface area contributed by atoms with Gasteiger partial charge in [0.25, 0.3) is 5.56 Å². The van der Waals surface area contributed by atoms with Crippen molar-refractivity contribution < 1.29 is 4.79 Å². The summed E-state index contributed by atoms with van der Waals surface area (Å²) in [5, 5.41) is 10.4. The van der Waals surface area contributed by atoms with Crippen molar-refractivity contribution in [3.63, 3.8) is 0 Å². The molecule has 9 heteroatoms. The first kappa shape index (κ1) is 14.7. The highest BCUT2D eigenvalue weighted by Gasteiger charge is 2.10. The van der Waals surface area contributed by atoms with E-state index in [-0.39, 0.29) is 24.8 Å². The van der Waals surface area contributed by atoms with Gasteiger partial charge in [0, 0.05) is 17.3 Å². The fraction of sp³-hybridized carbons (Fsp3) is 0.214. The van der Waals surface area contributed by atoms with Crippen LogP contribution in [0.15, 0.2) is 29.5 Å². The van der Waals surface area contributed by atoms with Crippen molar-refractivity contribution in [1.29, 1.82) is 0 Å². The molecule has 0 aliphatic rings. The normalized spacial score (nSPS) is 10.8. The van der Waals surface area contributed by atoms with Crippen LogP contribution in [-0.2, 0) is 17.9 Å². The number of nitrogens with one attached hydrogen (secondary N) is 2. The third-order valence-electron chi connectivity index (χ3n) is 3.43. The van der Waals surface area contributed by atoms with Crippen molar-refractivity contribution in [2.24, 2.45) is 0 Å². The second-order valence-corrected chi connectivity index (χ2v) is 5.09. The lowest BCUT2D eigenvalue weighted by atomic mass is 10.2. The van der Waals surface area contributed by atoms with Crippen LogP contribution in [0.4, 0.5) is 5.82 Å². The Labute approximate surface area is 130 Å². The molecule has 1 amide bonds. The first-order valence-corrected chi connectivity index (χ1v) is 6.91. The number of hydrogen-bond acceptors (Lipinski definition) is 6. The van der Waals surface area contributed by atoms with Crippen LogP contribution < -0.4 is 16.6 Å². The zero-order chi connectivity index (χ0) is 16.4. The van der Waals surface area contributed by atoms with E-state index >= 15 is 0 Å². The Morgan fingerprint density at radius 1 is 1.35 bits per heavy atom.